The topological polar surface area (TPSA) is 29.1 Å². The zero-order valence-electron chi connectivity index (χ0n) is 18.1. The molecular formula is C28H18ClF4NO. The SMILES string of the molecule is O=C(Nc1ccc(Cl)c(C(F)(F)F)c1)C(=Cc1ccc(F)cc1)c1ccc(-c2ccccc2)cc1. The number of halogens is 5. The van der Waals surface area contributed by atoms with Crippen LogP contribution in [0, 0.1) is 5.82 Å². The van der Waals surface area contributed by atoms with Crippen molar-refractivity contribution in [3.63, 3.8) is 0 Å². The zero-order chi connectivity index (χ0) is 25.0. The van der Waals surface area contributed by atoms with Gasteiger partial charge in [-0.1, -0.05) is 78.3 Å². The largest absolute Gasteiger partial charge is 0.417 e. The van der Waals surface area contributed by atoms with Crippen molar-refractivity contribution in [3.8, 4) is 11.1 Å². The van der Waals surface area contributed by atoms with Crippen LogP contribution in [0.4, 0.5) is 23.2 Å². The third-order valence-corrected chi connectivity index (χ3v) is 5.59. The van der Waals surface area contributed by atoms with E-state index in [1.54, 1.807) is 18.2 Å². The number of rotatable bonds is 5. The van der Waals surface area contributed by atoms with Crippen LogP contribution in [0.5, 0.6) is 0 Å². The Balaban J connectivity index is 1.70. The zero-order valence-corrected chi connectivity index (χ0v) is 18.9. The van der Waals surface area contributed by atoms with Gasteiger partial charge in [0.1, 0.15) is 5.82 Å². The molecule has 0 atom stereocenters. The summed E-state index contributed by atoms with van der Waals surface area (Å²) in [5.74, 6) is -1.06. The highest BCUT2D eigenvalue weighted by Crippen LogP contribution is 2.36. The summed E-state index contributed by atoms with van der Waals surface area (Å²) in [7, 11) is 0. The van der Waals surface area contributed by atoms with Gasteiger partial charge in [-0.2, -0.15) is 13.2 Å². The van der Waals surface area contributed by atoms with Crippen LogP contribution < -0.4 is 5.32 Å². The highest BCUT2D eigenvalue weighted by molar-refractivity contribution is 6.32. The fraction of sp³-hybridized carbons (Fsp3) is 0.0357. The first-order chi connectivity index (χ1) is 16.7. The van der Waals surface area contributed by atoms with Crippen LogP contribution >= 0.6 is 11.6 Å². The molecule has 35 heavy (non-hydrogen) atoms. The lowest BCUT2D eigenvalue weighted by atomic mass is 9.98. The first-order valence-corrected chi connectivity index (χ1v) is 10.9. The Kier molecular flexibility index (Phi) is 7.03. The summed E-state index contributed by atoms with van der Waals surface area (Å²) in [5, 5.41) is 2.05. The van der Waals surface area contributed by atoms with E-state index >= 15 is 0 Å². The molecule has 7 heteroatoms. The van der Waals surface area contributed by atoms with Crippen molar-refractivity contribution in [2.45, 2.75) is 6.18 Å². The summed E-state index contributed by atoms with van der Waals surface area (Å²) < 4.78 is 53.1. The van der Waals surface area contributed by atoms with Crippen LogP contribution in [0.25, 0.3) is 22.8 Å². The molecule has 4 rings (SSSR count). The lowest BCUT2D eigenvalue weighted by Crippen LogP contribution is -2.15. The Morgan fingerprint density at radius 3 is 2.06 bits per heavy atom. The van der Waals surface area contributed by atoms with Gasteiger partial charge in [-0.25, -0.2) is 4.39 Å². The molecule has 1 N–H and O–H groups in total. The molecule has 0 radical (unpaired) electrons. The molecule has 0 aromatic heterocycles. The minimum Gasteiger partial charge on any atom is -0.322 e. The molecule has 0 saturated heterocycles. The Bertz CT molecular complexity index is 1360. The van der Waals surface area contributed by atoms with Crippen LogP contribution in [0.2, 0.25) is 5.02 Å². The van der Waals surface area contributed by atoms with Gasteiger partial charge in [0.25, 0.3) is 5.91 Å². The van der Waals surface area contributed by atoms with E-state index in [-0.39, 0.29) is 11.3 Å². The van der Waals surface area contributed by atoms with E-state index in [4.69, 9.17) is 11.6 Å². The Morgan fingerprint density at radius 2 is 1.43 bits per heavy atom. The van der Waals surface area contributed by atoms with Gasteiger partial charge >= 0.3 is 6.18 Å². The average Bonchev–Trinajstić information content (AvgIpc) is 2.85. The van der Waals surface area contributed by atoms with Crippen molar-refractivity contribution in [1.29, 1.82) is 0 Å². The molecule has 4 aromatic rings. The first-order valence-electron chi connectivity index (χ1n) is 10.5. The number of benzene rings is 4. The van der Waals surface area contributed by atoms with E-state index in [1.165, 1.54) is 30.3 Å². The maximum absolute atomic E-state index is 13.4. The molecular weight excluding hydrogens is 478 g/mol. The quantitative estimate of drug-likeness (QED) is 0.168. The van der Waals surface area contributed by atoms with E-state index < -0.39 is 28.5 Å². The summed E-state index contributed by atoms with van der Waals surface area (Å²) in [6.45, 7) is 0. The second-order valence-electron chi connectivity index (χ2n) is 7.70. The standard InChI is InChI=1S/C28H18ClF4NO/c29-26-15-14-23(17-25(26)28(31,32)33)34-27(35)24(16-18-6-12-22(30)13-7-18)21-10-8-20(9-11-21)19-4-2-1-3-5-19/h1-17H,(H,34,35). The van der Waals surface area contributed by atoms with E-state index in [0.717, 1.165) is 23.3 Å². The predicted molar refractivity (Wildman–Crippen MR) is 131 cm³/mol. The maximum Gasteiger partial charge on any atom is 0.417 e. The normalized spacial score (nSPS) is 11.9. The summed E-state index contributed by atoms with van der Waals surface area (Å²) in [5.41, 5.74) is 2.11. The highest BCUT2D eigenvalue weighted by Gasteiger charge is 2.33. The maximum atomic E-state index is 13.4. The van der Waals surface area contributed by atoms with Gasteiger partial charge in [-0.3, -0.25) is 4.79 Å². The lowest BCUT2D eigenvalue weighted by Gasteiger charge is -2.14. The van der Waals surface area contributed by atoms with Gasteiger partial charge in [0.05, 0.1) is 10.6 Å². The van der Waals surface area contributed by atoms with Gasteiger partial charge in [-0.15, -0.1) is 0 Å². The van der Waals surface area contributed by atoms with Crippen LogP contribution in [0.1, 0.15) is 16.7 Å². The molecule has 0 saturated carbocycles. The van der Waals surface area contributed by atoms with Crippen molar-refractivity contribution in [3.05, 3.63) is 125 Å². The molecule has 0 unspecified atom stereocenters. The van der Waals surface area contributed by atoms with Crippen molar-refractivity contribution < 1.29 is 22.4 Å². The van der Waals surface area contributed by atoms with Gasteiger partial charge in [-0.05, 0) is 58.7 Å². The Labute approximate surface area is 204 Å². The Hall–Kier alpha value is -3.90. The molecule has 1 amide bonds. The van der Waals surface area contributed by atoms with Crippen molar-refractivity contribution >= 4 is 34.8 Å². The van der Waals surface area contributed by atoms with Gasteiger partial charge < -0.3 is 5.32 Å². The third kappa shape index (κ3) is 5.97. The first kappa shape index (κ1) is 24.2. The van der Waals surface area contributed by atoms with E-state index in [9.17, 15) is 22.4 Å². The Morgan fingerprint density at radius 1 is 0.800 bits per heavy atom. The summed E-state index contributed by atoms with van der Waals surface area (Å²) >= 11 is 5.69. The number of hydrogen-bond acceptors (Lipinski definition) is 1. The third-order valence-electron chi connectivity index (χ3n) is 5.26. The second kappa shape index (κ2) is 10.2. The van der Waals surface area contributed by atoms with Crippen LogP contribution in [0.3, 0.4) is 0 Å². The summed E-state index contributed by atoms with van der Waals surface area (Å²) in [6, 6.07) is 25.5. The molecule has 0 aliphatic rings. The highest BCUT2D eigenvalue weighted by atomic mass is 35.5. The minimum atomic E-state index is -4.67. The van der Waals surface area contributed by atoms with Gasteiger partial charge in [0, 0.05) is 11.3 Å². The molecule has 2 nitrogen and oxygen atoms in total. The second-order valence-corrected chi connectivity index (χ2v) is 8.11. The molecule has 0 bridgehead atoms. The number of alkyl halides is 3. The van der Waals surface area contributed by atoms with Gasteiger partial charge in [0.15, 0.2) is 0 Å². The lowest BCUT2D eigenvalue weighted by molar-refractivity contribution is -0.137. The van der Waals surface area contributed by atoms with E-state index in [0.29, 0.717) is 11.1 Å². The molecule has 176 valence electrons. The molecule has 0 aliphatic carbocycles. The summed E-state index contributed by atoms with van der Waals surface area (Å²) in [6.07, 6.45) is -3.12. The molecule has 0 heterocycles. The van der Waals surface area contributed by atoms with E-state index in [2.05, 4.69) is 5.32 Å². The average molecular weight is 496 g/mol. The van der Waals surface area contributed by atoms with E-state index in [1.807, 2.05) is 42.5 Å². The van der Waals surface area contributed by atoms with Crippen LogP contribution in [-0.4, -0.2) is 5.91 Å². The molecule has 0 aliphatic heterocycles. The molecule has 4 aromatic carbocycles. The summed E-state index contributed by atoms with van der Waals surface area (Å²) in [4.78, 5) is 13.2. The number of carbonyl (C=O) groups is 1. The number of carbonyl (C=O) groups excluding carboxylic acids is 1. The van der Waals surface area contributed by atoms with Gasteiger partial charge in [0.2, 0.25) is 0 Å². The molecule has 0 spiro atoms. The van der Waals surface area contributed by atoms with Crippen LogP contribution in [-0.2, 0) is 11.0 Å². The van der Waals surface area contributed by atoms with Crippen molar-refractivity contribution in [2.24, 2.45) is 0 Å². The minimum absolute atomic E-state index is 0.0577. The van der Waals surface area contributed by atoms with Crippen molar-refractivity contribution in [1.82, 2.24) is 0 Å². The smallest absolute Gasteiger partial charge is 0.322 e. The van der Waals surface area contributed by atoms with Crippen molar-refractivity contribution in [2.75, 3.05) is 5.32 Å². The number of nitrogens with one attached hydrogen (secondary N) is 1. The fourth-order valence-corrected chi connectivity index (χ4v) is 3.72. The fourth-order valence-electron chi connectivity index (χ4n) is 3.50. The number of hydrogen-bond donors (Lipinski definition) is 1. The number of amides is 1. The predicted octanol–water partition coefficient (Wildman–Crippen LogP) is 8.34. The van der Waals surface area contributed by atoms with Crippen LogP contribution in [0.15, 0.2) is 97.1 Å². The monoisotopic (exact) mass is 495 g/mol. The number of anilines is 1. The molecule has 0 fully saturated rings.